The van der Waals surface area contributed by atoms with Crippen LogP contribution in [0.25, 0.3) is 10.2 Å². The number of piperazine rings is 1. The summed E-state index contributed by atoms with van der Waals surface area (Å²) in [6.07, 6.45) is 0. The number of amides is 2. The number of hydrogen-bond acceptors (Lipinski definition) is 6. The summed E-state index contributed by atoms with van der Waals surface area (Å²) in [7, 11) is 2.05. The number of halogens is 2. The molecule has 31 heavy (non-hydrogen) atoms. The van der Waals surface area contributed by atoms with Crippen LogP contribution in [-0.2, 0) is 4.79 Å². The molecule has 0 radical (unpaired) electrons. The molecule has 1 aliphatic heterocycles. The summed E-state index contributed by atoms with van der Waals surface area (Å²) in [5.41, 5.74) is 1.34. The van der Waals surface area contributed by atoms with Gasteiger partial charge in [0, 0.05) is 42.8 Å². The molecular formula is C21H20Cl2N4O3S. The number of benzene rings is 2. The molecule has 0 spiro atoms. The van der Waals surface area contributed by atoms with E-state index in [4.69, 9.17) is 27.9 Å². The fourth-order valence-corrected chi connectivity index (χ4v) is 4.45. The normalized spacial score (nSPS) is 14.6. The van der Waals surface area contributed by atoms with Crippen LogP contribution in [0.5, 0.6) is 5.75 Å². The van der Waals surface area contributed by atoms with Gasteiger partial charge in [0.1, 0.15) is 5.75 Å². The van der Waals surface area contributed by atoms with Gasteiger partial charge in [-0.05, 0) is 37.4 Å². The zero-order valence-corrected chi connectivity index (χ0v) is 19.1. The first kappa shape index (κ1) is 21.8. The third kappa shape index (κ3) is 5.27. The second kappa shape index (κ2) is 9.40. The number of hydrogen-bond donors (Lipinski definition) is 1. The molecule has 3 aromatic rings. The van der Waals surface area contributed by atoms with Crippen LogP contribution in [0.15, 0.2) is 36.4 Å². The first-order chi connectivity index (χ1) is 14.9. The Kier molecular flexibility index (Phi) is 6.62. The Balaban J connectivity index is 1.40. The van der Waals surface area contributed by atoms with Crippen LogP contribution < -0.4 is 10.1 Å². The van der Waals surface area contributed by atoms with Crippen LogP contribution >= 0.6 is 34.5 Å². The molecule has 10 heteroatoms. The topological polar surface area (TPSA) is 74.8 Å². The second-order valence-corrected chi connectivity index (χ2v) is 9.08. The summed E-state index contributed by atoms with van der Waals surface area (Å²) in [5.74, 6) is -0.0229. The minimum absolute atomic E-state index is 0.0146. The Morgan fingerprint density at radius 3 is 2.68 bits per heavy atom. The first-order valence-corrected chi connectivity index (χ1v) is 11.2. The lowest BCUT2D eigenvalue weighted by Crippen LogP contribution is -2.47. The van der Waals surface area contributed by atoms with Gasteiger partial charge in [0.15, 0.2) is 11.7 Å². The third-order valence-corrected chi connectivity index (χ3v) is 6.41. The molecule has 1 saturated heterocycles. The Labute approximate surface area is 193 Å². The van der Waals surface area contributed by atoms with Gasteiger partial charge in [-0.15, -0.1) is 0 Å². The molecule has 0 unspecified atom stereocenters. The zero-order valence-electron chi connectivity index (χ0n) is 16.7. The van der Waals surface area contributed by atoms with Gasteiger partial charge < -0.3 is 14.5 Å². The number of nitrogens with zero attached hydrogens (tertiary/aromatic N) is 3. The Morgan fingerprint density at radius 2 is 1.90 bits per heavy atom. The van der Waals surface area contributed by atoms with E-state index in [-0.39, 0.29) is 18.4 Å². The van der Waals surface area contributed by atoms with E-state index in [0.717, 1.165) is 17.8 Å². The SMILES string of the molecule is CN1CCN(C(=O)c2ccc3nc(NC(=O)COc4cc(Cl)ccc4Cl)sc3c2)CC1. The molecule has 2 heterocycles. The fraction of sp³-hybridized carbons (Fsp3) is 0.286. The number of anilines is 1. The highest BCUT2D eigenvalue weighted by Crippen LogP contribution is 2.29. The molecule has 0 bridgehead atoms. The number of aromatic nitrogens is 1. The fourth-order valence-electron chi connectivity index (χ4n) is 3.19. The Morgan fingerprint density at radius 1 is 1.13 bits per heavy atom. The van der Waals surface area contributed by atoms with Crippen molar-refractivity contribution in [1.82, 2.24) is 14.8 Å². The Hall–Kier alpha value is -2.39. The van der Waals surface area contributed by atoms with Gasteiger partial charge in [0.25, 0.3) is 11.8 Å². The van der Waals surface area contributed by atoms with Crippen molar-refractivity contribution in [2.45, 2.75) is 0 Å². The molecule has 2 amide bonds. The van der Waals surface area contributed by atoms with Crippen molar-refractivity contribution in [1.29, 1.82) is 0 Å². The third-order valence-electron chi connectivity index (χ3n) is 4.92. The number of carbonyl (C=O) groups excluding carboxylic acids is 2. The van der Waals surface area contributed by atoms with E-state index >= 15 is 0 Å². The summed E-state index contributed by atoms with van der Waals surface area (Å²) in [5, 5.41) is 3.99. The second-order valence-electron chi connectivity index (χ2n) is 7.21. The predicted octanol–water partition coefficient (Wildman–Crippen LogP) is 4.01. The van der Waals surface area contributed by atoms with E-state index in [1.807, 2.05) is 11.0 Å². The minimum Gasteiger partial charge on any atom is -0.482 e. The quantitative estimate of drug-likeness (QED) is 0.599. The highest BCUT2D eigenvalue weighted by Gasteiger charge is 2.21. The van der Waals surface area contributed by atoms with Gasteiger partial charge in [0.2, 0.25) is 0 Å². The van der Waals surface area contributed by atoms with E-state index in [1.165, 1.54) is 11.3 Å². The lowest BCUT2D eigenvalue weighted by molar-refractivity contribution is -0.118. The summed E-state index contributed by atoms with van der Waals surface area (Å²) >= 11 is 13.3. The van der Waals surface area contributed by atoms with Crippen molar-refractivity contribution < 1.29 is 14.3 Å². The highest BCUT2D eigenvalue weighted by molar-refractivity contribution is 7.22. The van der Waals surface area contributed by atoms with Gasteiger partial charge in [-0.3, -0.25) is 14.9 Å². The van der Waals surface area contributed by atoms with Crippen LogP contribution in [0, 0.1) is 0 Å². The molecule has 162 valence electrons. The van der Waals surface area contributed by atoms with Crippen LogP contribution in [0.3, 0.4) is 0 Å². The van der Waals surface area contributed by atoms with Crippen molar-refractivity contribution >= 4 is 61.7 Å². The average Bonchev–Trinajstić information content (AvgIpc) is 3.15. The Bertz CT molecular complexity index is 1130. The molecule has 2 aromatic carbocycles. The van der Waals surface area contributed by atoms with Gasteiger partial charge in [-0.25, -0.2) is 4.98 Å². The lowest BCUT2D eigenvalue weighted by Gasteiger charge is -2.32. The number of rotatable bonds is 5. The van der Waals surface area contributed by atoms with Crippen LogP contribution in [-0.4, -0.2) is 66.4 Å². The van der Waals surface area contributed by atoms with Crippen molar-refractivity contribution in [3.8, 4) is 5.75 Å². The van der Waals surface area contributed by atoms with E-state index in [9.17, 15) is 9.59 Å². The standard InChI is InChI=1S/C21H20Cl2N4O3S/c1-26-6-8-27(9-7-26)20(29)13-2-5-16-18(10-13)31-21(24-16)25-19(28)12-30-17-11-14(22)3-4-15(17)23/h2-5,10-11H,6-9,12H2,1H3,(H,24,25,28). The molecule has 0 atom stereocenters. The van der Waals surface area contributed by atoms with E-state index in [1.54, 1.807) is 30.3 Å². The number of fused-ring (bicyclic) bond motifs is 1. The number of nitrogens with one attached hydrogen (secondary N) is 1. The van der Waals surface area contributed by atoms with Crippen LogP contribution in [0.1, 0.15) is 10.4 Å². The van der Waals surface area contributed by atoms with Gasteiger partial charge in [-0.1, -0.05) is 34.5 Å². The van der Waals surface area contributed by atoms with E-state index in [0.29, 0.717) is 45.1 Å². The molecule has 1 N–H and O–H groups in total. The lowest BCUT2D eigenvalue weighted by atomic mass is 10.1. The minimum atomic E-state index is -0.371. The summed E-state index contributed by atoms with van der Waals surface area (Å²) in [6.45, 7) is 2.94. The summed E-state index contributed by atoms with van der Waals surface area (Å²) in [4.78, 5) is 33.5. The largest absolute Gasteiger partial charge is 0.482 e. The van der Waals surface area contributed by atoms with Gasteiger partial charge in [-0.2, -0.15) is 0 Å². The van der Waals surface area contributed by atoms with Crippen molar-refractivity contribution in [3.63, 3.8) is 0 Å². The zero-order chi connectivity index (χ0) is 22.0. The van der Waals surface area contributed by atoms with E-state index in [2.05, 4.69) is 22.2 Å². The maximum Gasteiger partial charge on any atom is 0.264 e. The van der Waals surface area contributed by atoms with Gasteiger partial charge >= 0.3 is 0 Å². The molecular weight excluding hydrogens is 459 g/mol. The van der Waals surface area contributed by atoms with Crippen LogP contribution in [0.2, 0.25) is 10.0 Å². The maximum absolute atomic E-state index is 12.8. The van der Waals surface area contributed by atoms with Gasteiger partial charge in [0.05, 0.1) is 15.2 Å². The van der Waals surface area contributed by atoms with Crippen molar-refractivity contribution in [2.24, 2.45) is 0 Å². The molecule has 0 saturated carbocycles. The number of thiazole rings is 1. The average molecular weight is 479 g/mol. The van der Waals surface area contributed by atoms with Crippen LogP contribution in [0.4, 0.5) is 5.13 Å². The van der Waals surface area contributed by atoms with Crippen molar-refractivity contribution in [2.75, 3.05) is 45.2 Å². The number of likely N-dealkylation sites (N-methyl/N-ethyl adjacent to an activating group) is 1. The smallest absolute Gasteiger partial charge is 0.264 e. The first-order valence-electron chi connectivity index (χ1n) is 9.65. The molecule has 0 aliphatic carbocycles. The monoisotopic (exact) mass is 478 g/mol. The highest BCUT2D eigenvalue weighted by atomic mass is 35.5. The maximum atomic E-state index is 12.8. The molecule has 7 nitrogen and oxygen atoms in total. The molecule has 4 rings (SSSR count). The summed E-state index contributed by atoms with van der Waals surface area (Å²) < 4.78 is 6.27. The molecule has 1 aromatic heterocycles. The van der Waals surface area contributed by atoms with E-state index < -0.39 is 0 Å². The molecule has 1 fully saturated rings. The van der Waals surface area contributed by atoms with Crippen molar-refractivity contribution in [3.05, 3.63) is 52.0 Å². The number of carbonyl (C=O) groups is 2. The molecule has 1 aliphatic rings. The summed E-state index contributed by atoms with van der Waals surface area (Å²) in [6, 6.07) is 10.2. The predicted molar refractivity (Wildman–Crippen MR) is 124 cm³/mol. The number of ether oxygens (including phenoxy) is 1.